The molecule has 6 aromatic heterocycles. The van der Waals surface area contributed by atoms with Crippen LogP contribution in [0.1, 0.15) is 11.1 Å². The zero-order valence-corrected chi connectivity index (χ0v) is 49.4. The van der Waals surface area contributed by atoms with Gasteiger partial charge in [-0.05, 0) is 101 Å². The summed E-state index contributed by atoms with van der Waals surface area (Å²) in [6.45, 7) is 10.4. The minimum atomic E-state index is 0.456. The van der Waals surface area contributed by atoms with Crippen LogP contribution in [0.3, 0.4) is 0 Å². The second-order valence-electron chi connectivity index (χ2n) is 23.0. The Hall–Kier alpha value is -12.6. The van der Waals surface area contributed by atoms with Crippen LogP contribution < -0.4 is 0 Å². The number of aromatic nitrogens is 6. The summed E-state index contributed by atoms with van der Waals surface area (Å²) in [5, 5.41) is 16.1. The van der Waals surface area contributed by atoms with Crippen molar-refractivity contribution in [2.45, 2.75) is 6.92 Å². The molecule has 0 fully saturated rings. The van der Waals surface area contributed by atoms with E-state index in [0.717, 1.165) is 156 Å². The first kappa shape index (κ1) is 53.8. The normalized spacial score (nSPS) is 11.3. The number of aryl methyl sites for hydroxylation is 1. The van der Waals surface area contributed by atoms with E-state index in [2.05, 4.69) is 208 Å². The summed E-state index contributed by atoms with van der Waals surface area (Å²) in [4.78, 5) is 23.9. The van der Waals surface area contributed by atoms with Crippen LogP contribution in [0.2, 0.25) is 0 Å². The fourth-order valence-electron chi connectivity index (χ4n) is 12.9. The van der Waals surface area contributed by atoms with Gasteiger partial charge < -0.3 is 9.13 Å². The van der Waals surface area contributed by atoms with Crippen molar-refractivity contribution in [3.63, 3.8) is 0 Å². The Kier molecular flexibility index (Phi) is 13.4. The minimum Gasteiger partial charge on any atom is -0.309 e. The maximum Gasteiger partial charge on any atom is 0.188 e. The van der Waals surface area contributed by atoms with Crippen molar-refractivity contribution in [1.29, 1.82) is 5.26 Å². The molecule has 8 nitrogen and oxygen atoms in total. The Morgan fingerprint density at radius 1 is 0.319 bits per heavy atom. The van der Waals surface area contributed by atoms with Gasteiger partial charge in [0.2, 0.25) is 0 Å². The van der Waals surface area contributed by atoms with Gasteiger partial charge in [0.15, 0.2) is 5.69 Å². The summed E-state index contributed by atoms with van der Waals surface area (Å²) >= 11 is 0. The van der Waals surface area contributed by atoms with E-state index in [9.17, 15) is 5.26 Å². The lowest BCUT2D eigenvalue weighted by atomic mass is 9.97. The topological polar surface area (TPSA) is 89.6 Å². The third kappa shape index (κ3) is 9.84. The first-order chi connectivity index (χ1) is 44.9. The van der Waals surface area contributed by atoms with E-state index in [0.29, 0.717) is 16.9 Å². The summed E-state index contributed by atoms with van der Waals surface area (Å²) in [6, 6.07) is 97.1. The average molecular weight is 1160 g/mol. The first-order valence-corrected chi connectivity index (χ1v) is 30.2. The Morgan fingerprint density at radius 2 is 0.648 bits per heavy atom. The van der Waals surface area contributed by atoms with E-state index >= 15 is 0 Å². The third-order valence-corrected chi connectivity index (χ3v) is 17.4. The third-order valence-electron chi connectivity index (χ3n) is 17.4. The van der Waals surface area contributed by atoms with Crippen LogP contribution in [0.25, 0.3) is 160 Å². The molecule has 0 aliphatic heterocycles. The molecular formula is C83H52N8. The van der Waals surface area contributed by atoms with Gasteiger partial charge in [-0.25, -0.2) is 4.85 Å². The maximum atomic E-state index is 12.0. The predicted molar refractivity (Wildman–Crippen MR) is 371 cm³/mol. The van der Waals surface area contributed by atoms with Crippen molar-refractivity contribution in [2.24, 2.45) is 0 Å². The van der Waals surface area contributed by atoms with Crippen LogP contribution in [0.4, 0.5) is 5.69 Å². The summed E-state index contributed by atoms with van der Waals surface area (Å²) in [5.41, 5.74) is 24.3. The first-order valence-electron chi connectivity index (χ1n) is 30.2. The maximum absolute atomic E-state index is 12.0. The summed E-state index contributed by atoms with van der Waals surface area (Å²) in [5.74, 6) is 0. The Bertz CT molecular complexity index is 5270. The van der Waals surface area contributed by atoms with Crippen LogP contribution in [-0.2, 0) is 0 Å². The highest BCUT2D eigenvalue weighted by atomic mass is 15.0. The smallest absolute Gasteiger partial charge is 0.188 e. The van der Waals surface area contributed by atoms with Crippen molar-refractivity contribution in [2.75, 3.05) is 0 Å². The Balaban J connectivity index is 0.946. The number of rotatable bonds is 11. The largest absolute Gasteiger partial charge is 0.309 e. The summed E-state index contributed by atoms with van der Waals surface area (Å²) in [6.07, 6.45) is 7.77. The molecule has 0 saturated heterocycles. The van der Waals surface area contributed by atoms with E-state index in [4.69, 9.17) is 26.5 Å². The van der Waals surface area contributed by atoms with Gasteiger partial charge >= 0.3 is 0 Å². The number of hydrogen-bond donors (Lipinski definition) is 0. The van der Waals surface area contributed by atoms with E-state index in [1.807, 2.05) is 117 Å². The van der Waals surface area contributed by atoms with Gasteiger partial charge in [-0.15, -0.1) is 0 Å². The number of benzene rings is 10. The zero-order chi connectivity index (χ0) is 60.9. The van der Waals surface area contributed by atoms with Gasteiger partial charge in [-0.1, -0.05) is 212 Å². The summed E-state index contributed by atoms with van der Waals surface area (Å²) < 4.78 is 4.57. The van der Waals surface area contributed by atoms with Crippen LogP contribution in [0.5, 0.6) is 0 Å². The molecule has 0 N–H and O–H groups in total. The van der Waals surface area contributed by atoms with E-state index in [-0.39, 0.29) is 0 Å². The number of fused-ring (bicyclic) bond motifs is 6. The van der Waals surface area contributed by atoms with Crippen molar-refractivity contribution in [3.05, 3.63) is 320 Å². The second kappa shape index (κ2) is 22.6. The van der Waals surface area contributed by atoms with Gasteiger partial charge in [0, 0.05) is 96.4 Å². The Morgan fingerprint density at radius 3 is 0.956 bits per heavy atom. The molecule has 91 heavy (non-hydrogen) atoms. The molecule has 0 amide bonds. The standard InChI is InChI=1S/C83H52N8/c1-53-39-66(41-68(40-53)85-2)73-47-78(90-79-42-58(62-27-35-74(86-49-62)54-15-7-3-8-16-54)23-31-69(79)70-32-24-59(43-80(70)90)63-28-36-75(87-50-63)55-17-9-4-10-18-55)67(48-84)46-83(73)91-81-44-60(64-29-37-76(88-51-64)56-19-11-5-12-20-56)25-33-71(81)72-34-26-61(45-82(72)91)65-30-38-77(89-52-65)57-21-13-6-14-22-57/h3-47,49-52H,1H3. The quantitative estimate of drug-likeness (QED) is 0.120. The van der Waals surface area contributed by atoms with Crippen molar-refractivity contribution in [1.82, 2.24) is 29.1 Å². The van der Waals surface area contributed by atoms with Crippen LogP contribution in [-0.4, -0.2) is 29.1 Å². The van der Waals surface area contributed by atoms with E-state index < -0.39 is 0 Å². The molecule has 0 bridgehead atoms. The molecule has 16 aromatic rings. The molecular weight excluding hydrogens is 1110 g/mol. The fraction of sp³-hybridized carbons (Fsp3) is 0.0120. The number of hydrogen-bond acceptors (Lipinski definition) is 5. The van der Waals surface area contributed by atoms with Gasteiger partial charge in [-0.3, -0.25) is 19.9 Å². The van der Waals surface area contributed by atoms with Crippen LogP contribution >= 0.6 is 0 Å². The molecule has 0 atom stereocenters. The lowest BCUT2D eigenvalue weighted by Gasteiger charge is -2.20. The molecule has 8 heteroatoms. The average Bonchev–Trinajstić information content (AvgIpc) is 1.60. The van der Waals surface area contributed by atoms with E-state index in [1.54, 1.807) is 0 Å². The highest BCUT2D eigenvalue weighted by molar-refractivity contribution is 6.13. The molecule has 0 unspecified atom stereocenters. The Labute approximate surface area is 526 Å². The van der Waals surface area contributed by atoms with Crippen LogP contribution in [0.15, 0.2) is 298 Å². The van der Waals surface area contributed by atoms with Gasteiger partial charge in [-0.2, -0.15) is 5.26 Å². The highest BCUT2D eigenvalue weighted by Crippen LogP contribution is 2.45. The molecule has 0 saturated carbocycles. The van der Waals surface area contributed by atoms with Crippen molar-refractivity contribution in [3.8, 4) is 118 Å². The molecule has 0 spiro atoms. The molecule has 6 heterocycles. The lowest BCUT2D eigenvalue weighted by molar-refractivity contribution is 1.14. The molecule has 10 aromatic carbocycles. The molecule has 0 radical (unpaired) electrons. The summed E-state index contributed by atoms with van der Waals surface area (Å²) in [7, 11) is 0. The van der Waals surface area contributed by atoms with Gasteiger partial charge in [0.05, 0.1) is 68.4 Å². The minimum absolute atomic E-state index is 0.456. The van der Waals surface area contributed by atoms with Crippen molar-refractivity contribution < 1.29 is 0 Å². The van der Waals surface area contributed by atoms with Crippen molar-refractivity contribution >= 4 is 49.3 Å². The molecule has 16 rings (SSSR count). The highest BCUT2D eigenvalue weighted by Gasteiger charge is 2.24. The van der Waals surface area contributed by atoms with E-state index in [1.165, 1.54) is 0 Å². The molecule has 0 aliphatic carbocycles. The lowest BCUT2D eigenvalue weighted by Crippen LogP contribution is -2.04. The second-order valence-corrected chi connectivity index (χ2v) is 23.0. The number of nitriles is 1. The van der Waals surface area contributed by atoms with Gasteiger partial charge in [0.25, 0.3) is 0 Å². The number of pyridine rings is 4. The SMILES string of the molecule is [C-]#[N+]c1cc(C)cc(-c2cc(-n3c4cc(-c5ccc(-c6ccccc6)nc5)ccc4c4ccc(-c5ccc(-c6ccccc6)nc5)cc43)c(C#N)cc2-n2c3cc(-c4ccc(-c5ccccc5)nc4)ccc3c3ccc(-c4ccc(-c5ccccc5)nc4)cc32)c1. The zero-order valence-electron chi connectivity index (χ0n) is 49.4. The molecule has 424 valence electrons. The number of nitrogens with zero attached hydrogens (tertiary/aromatic N) is 8. The fourth-order valence-corrected chi connectivity index (χ4v) is 12.9. The van der Waals surface area contributed by atoms with Crippen LogP contribution in [0, 0.1) is 24.8 Å². The van der Waals surface area contributed by atoms with Gasteiger partial charge in [0.1, 0.15) is 6.07 Å². The monoisotopic (exact) mass is 1160 g/mol. The molecule has 0 aliphatic rings. The predicted octanol–water partition coefficient (Wildman–Crippen LogP) is 21.2.